The minimum atomic E-state index is -3.63. The predicted molar refractivity (Wildman–Crippen MR) is 116 cm³/mol. The topological polar surface area (TPSA) is 68.3 Å². The van der Waals surface area contributed by atoms with Gasteiger partial charge in [0, 0.05) is 18.4 Å². The van der Waals surface area contributed by atoms with Crippen LogP contribution in [0.4, 0.5) is 0 Å². The third kappa shape index (κ3) is 4.25. The van der Waals surface area contributed by atoms with E-state index in [4.69, 9.17) is 4.74 Å². The van der Waals surface area contributed by atoms with Gasteiger partial charge in [-0.15, -0.1) is 0 Å². The molecule has 5 nitrogen and oxygen atoms in total. The lowest BCUT2D eigenvalue weighted by atomic mass is 9.82. The first kappa shape index (κ1) is 20.6. The van der Waals surface area contributed by atoms with E-state index in [1.165, 1.54) is 11.8 Å². The summed E-state index contributed by atoms with van der Waals surface area (Å²) in [6, 6.07) is 19.0. The fourth-order valence-corrected chi connectivity index (χ4v) is 5.51. The van der Waals surface area contributed by atoms with Crippen molar-refractivity contribution in [1.82, 2.24) is 10.3 Å². The van der Waals surface area contributed by atoms with E-state index in [2.05, 4.69) is 34.6 Å². The Balaban J connectivity index is 1.67. The summed E-state index contributed by atoms with van der Waals surface area (Å²) in [4.78, 5) is 4.42. The molecule has 0 radical (unpaired) electrons. The van der Waals surface area contributed by atoms with Crippen molar-refractivity contribution < 1.29 is 13.2 Å². The van der Waals surface area contributed by atoms with Crippen molar-refractivity contribution in [1.29, 1.82) is 0 Å². The van der Waals surface area contributed by atoms with Gasteiger partial charge in [0.15, 0.2) is 0 Å². The monoisotopic (exact) mass is 422 g/mol. The number of pyridine rings is 1. The van der Waals surface area contributed by atoms with Crippen LogP contribution in [-0.4, -0.2) is 27.1 Å². The van der Waals surface area contributed by atoms with Crippen molar-refractivity contribution in [2.75, 3.05) is 13.7 Å². The Kier molecular flexibility index (Phi) is 6.16. The van der Waals surface area contributed by atoms with Crippen LogP contribution in [0.2, 0.25) is 0 Å². The molecule has 156 valence electrons. The highest BCUT2D eigenvalue weighted by Gasteiger charge is 2.28. The largest absolute Gasteiger partial charge is 0.496 e. The van der Waals surface area contributed by atoms with E-state index in [1.807, 2.05) is 6.07 Å². The van der Waals surface area contributed by atoms with Crippen LogP contribution in [0.1, 0.15) is 30.0 Å². The Labute approximate surface area is 178 Å². The van der Waals surface area contributed by atoms with Gasteiger partial charge >= 0.3 is 0 Å². The molecule has 1 unspecified atom stereocenters. The number of ether oxygens (including phenoxy) is 1. The van der Waals surface area contributed by atoms with Gasteiger partial charge in [-0.1, -0.05) is 30.3 Å². The maximum absolute atomic E-state index is 13.1. The smallest absolute Gasteiger partial charge is 0.208 e. The van der Waals surface area contributed by atoms with Crippen LogP contribution in [0.15, 0.2) is 82.8 Å². The highest BCUT2D eigenvalue weighted by Crippen LogP contribution is 2.35. The second-order valence-electron chi connectivity index (χ2n) is 7.61. The minimum Gasteiger partial charge on any atom is -0.496 e. The first-order valence-electron chi connectivity index (χ1n) is 10.2. The van der Waals surface area contributed by atoms with Crippen LogP contribution in [-0.2, 0) is 16.3 Å². The van der Waals surface area contributed by atoms with Gasteiger partial charge in [-0.05, 0) is 73.2 Å². The van der Waals surface area contributed by atoms with Crippen LogP contribution in [0, 0.1) is 5.92 Å². The number of rotatable bonds is 6. The van der Waals surface area contributed by atoms with E-state index in [9.17, 15) is 8.42 Å². The van der Waals surface area contributed by atoms with Crippen LogP contribution < -0.4 is 10.1 Å². The Morgan fingerprint density at radius 2 is 1.90 bits per heavy atom. The molecule has 0 amide bonds. The normalized spacial score (nSPS) is 19.4. The first-order chi connectivity index (χ1) is 14.6. The zero-order valence-electron chi connectivity index (χ0n) is 17.0. The maximum Gasteiger partial charge on any atom is 0.208 e. The average Bonchev–Trinajstić information content (AvgIpc) is 2.80. The molecule has 1 fully saturated rings. The summed E-state index contributed by atoms with van der Waals surface area (Å²) in [6.07, 6.45) is 5.87. The average molecular weight is 423 g/mol. The number of nitrogens with zero attached hydrogens (tertiary/aromatic N) is 1. The maximum atomic E-state index is 13.1. The molecule has 0 bridgehead atoms. The number of sulfone groups is 1. The standard InChI is InChI=1S/C24H26N2O3S/c1-29-23-12-11-21(30(27,28)22-10-6-13-25-17-22)16-20(23)15-19-9-5-14-26-24(19)18-7-3-2-4-8-18/h2-4,6-8,10-13,16-17,19,24,26H,5,9,14-15H2,1H3/t19?,24-/m1/s1. The molecule has 1 aliphatic rings. The van der Waals surface area contributed by atoms with Crippen LogP contribution in [0.3, 0.4) is 0 Å². The quantitative estimate of drug-likeness (QED) is 0.645. The molecule has 0 saturated carbocycles. The third-order valence-electron chi connectivity index (χ3n) is 5.74. The van der Waals surface area contributed by atoms with Gasteiger partial charge < -0.3 is 10.1 Å². The molecule has 1 saturated heterocycles. The highest BCUT2D eigenvalue weighted by atomic mass is 32.2. The number of piperidine rings is 1. The van der Waals surface area contributed by atoms with Crippen LogP contribution in [0.5, 0.6) is 5.75 Å². The fraction of sp³-hybridized carbons (Fsp3) is 0.292. The van der Waals surface area contributed by atoms with Crippen molar-refractivity contribution in [2.45, 2.75) is 35.1 Å². The molecule has 4 rings (SSSR count). The lowest BCUT2D eigenvalue weighted by molar-refractivity contribution is 0.279. The molecular weight excluding hydrogens is 396 g/mol. The molecule has 1 aromatic heterocycles. The molecule has 6 heteroatoms. The zero-order chi connectivity index (χ0) is 21.0. The van der Waals surface area contributed by atoms with E-state index in [0.717, 1.165) is 37.1 Å². The Morgan fingerprint density at radius 3 is 2.63 bits per heavy atom. The Hall–Kier alpha value is -2.70. The number of aromatic nitrogens is 1. The predicted octanol–water partition coefficient (Wildman–Crippen LogP) is 4.21. The summed E-state index contributed by atoms with van der Waals surface area (Å²) in [6.45, 7) is 0.989. The van der Waals surface area contributed by atoms with Crippen LogP contribution >= 0.6 is 0 Å². The van der Waals surface area contributed by atoms with Gasteiger partial charge in [0.25, 0.3) is 0 Å². The number of nitrogens with one attached hydrogen (secondary N) is 1. The Morgan fingerprint density at radius 1 is 1.07 bits per heavy atom. The fourth-order valence-electron chi connectivity index (χ4n) is 4.23. The summed E-state index contributed by atoms with van der Waals surface area (Å²) >= 11 is 0. The molecule has 2 aromatic carbocycles. The number of hydrogen-bond acceptors (Lipinski definition) is 5. The van der Waals surface area contributed by atoms with Crippen molar-refractivity contribution >= 4 is 9.84 Å². The number of hydrogen-bond donors (Lipinski definition) is 1. The second-order valence-corrected chi connectivity index (χ2v) is 9.56. The summed E-state index contributed by atoms with van der Waals surface area (Å²) in [5, 5.41) is 3.65. The van der Waals surface area contributed by atoms with Gasteiger partial charge in [-0.25, -0.2) is 8.42 Å². The lowest BCUT2D eigenvalue weighted by Gasteiger charge is -2.33. The van der Waals surface area contributed by atoms with Crippen molar-refractivity contribution in [3.05, 3.63) is 84.2 Å². The second kappa shape index (κ2) is 8.98. The molecule has 3 aromatic rings. The molecule has 1 N–H and O–H groups in total. The number of benzene rings is 2. The molecule has 0 aliphatic carbocycles. The third-order valence-corrected chi connectivity index (χ3v) is 7.47. The van der Waals surface area contributed by atoms with Crippen LogP contribution in [0.25, 0.3) is 0 Å². The van der Waals surface area contributed by atoms with E-state index in [0.29, 0.717) is 5.92 Å². The van der Waals surface area contributed by atoms with E-state index < -0.39 is 9.84 Å². The summed E-state index contributed by atoms with van der Waals surface area (Å²) in [7, 11) is -2.00. The van der Waals surface area contributed by atoms with Gasteiger partial charge in [-0.2, -0.15) is 0 Å². The molecular formula is C24H26N2O3S. The molecule has 30 heavy (non-hydrogen) atoms. The summed E-state index contributed by atoms with van der Waals surface area (Å²) in [5.74, 6) is 1.07. The molecule has 2 heterocycles. The molecule has 1 aliphatic heterocycles. The molecule has 0 spiro atoms. The van der Waals surface area contributed by atoms with Gasteiger partial charge in [0.1, 0.15) is 5.75 Å². The van der Waals surface area contributed by atoms with E-state index in [1.54, 1.807) is 43.6 Å². The van der Waals surface area contributed by atoms with E-state index >= 15 is 0 Å². The summed E-state index contributed by atoms with van der Waals surface area (Å²) in [5.41, 5.74) is 2.18. The zero-order valence-corrected chi connectivity index (χ0v) is 17.8. The summed E-state index contributed by atoms with van der Waals surface area (Å²) < 4.78 is 31.7. The van der Waals surface area contributed by atoms with Crippen molar-refractivity contribution in [3.63, 3.8) is 0 Å². The van der Waals surface area contributed by atoms with Crippen molar-refractivity contribution in [3.8, 4) is 5.75 Å². The SMILES string of the molecule is COc1ccc(S(=O)(=O)c2cccnc2)cc1CC1CCCN[C@@H]1c1ccccc1. The Bertz CT molecular complexity index is 1090. The van der Waals surface area contributed by atoms with Crippen molar-refractivity contribution in [2.24, 2.45) is 5.92 Å². The van der Waals surface area contributed by atoms with Gasteiger partial charge in [0.05, 0.1) is 16.9 Å². The highest BCUT2D eigenvalue weighted by molar-refractivity contribution is 7.91. The molecule has 2 atom stereocenters. The minimum absolute atomic E-state index is 0.197. The van der Waals surface area contributed by atoms with E-state index in [-0.39, 0.29) is 15.8 Å². The lowest BCUT2D eigenvalue weighted by Crippen LogP contribution is -2.35. The van der Waals surface area contributed by atoms with Gasteiger partial charge in [-0.3, -0.25) is 4.98 Å². The first-order valence-corrected chi connectivity index (χ1v) is 11.7. The number of methoxy groups -OCH3 is 1. The van der Waals surface area contributed by atoms with Gasteiger partial charge in [0.2, 0.25) is 9.84 Å².